The van der Waals surface area contributed by atoms with Crippen molar-refractivity contribution in [1.82, 2.24) is 109 Å². The average molecular weight is 2020 g/mol. The van der Waals surface area contributed by atoms with Gasteiger partial charge in [-0.25, -0.2) is 14.8 Å². The Bertz CT molecular complexity index is 5160. The number of H-pyrrole nitrogens is 2. The number of fused-ring (bicyclic) bond motifs is 1. The third kappa shape index (κ3) is 32.6. The number of amides is 15. The maximum atomic E-state index is 15.3. The van der Waals surface area contributed by atoms with Crippen LogP contribution < -0.4 is 91.6 Å². The van der Waals surface area contributed by atoms with Crippen LogP contribution in [-0.2, 0) is 102 Å². The van der Waals surface area contributed by atoms with Crippen LogP contribution in [0.1, 0.15) is 192 Å². The van der Waals surface area contributed by atoms with Crippen LogP contribution in [0.4, 0.5) is 0 Å². The van der Waals surface area contributed by atoms with Gasteiger partial charge in [0.1, 0.15) is 77.4 Å². The number of guanidine groups is 2. The number of aromatic nitrogens is 4. The Labute approximate surface area is 828 Å². The number of benzene rings is 3. The molecule has 2 aromatic heterocycles. The van der Waals surface area contributed by atoms with E-state index in [1.807, 2.05) is 54.6 Å². The van der Waals surface area contributed by atoms with E-state index in [2.05, 4.69) is 110 Å². The summed E-state index contributed by atoms with van der Waals surface area (Å²) < 4.78 is 0.757. The highest BCUT2D eigenvalue weighted by atomic mass is 79.9. The Morgan fingerprint density at radius 1 is 0.532 bits per heavy atom. The number of primary amides is 1. The molecule has 5 fully saturated rings. The van der Waals surface area contributed by atoms with Crippen molar-refractivity contribution < 1.29 is 81.8 Å². The highest BCUT2D eigenvalue weighted by Crippen LogP contribution is 2.40. The number of halogens is 1. The number of nitrogens with two attached hydrogens (primary N) is 3. The Kier molecular flexibility index (Phi) is 41.0. The minimum Gasteiger partial charge on any atom is -0.480 e. The highest BCUT2D eigenvalue weighted by Gasteiger charge is 2.50. The monoisotopic (exact) mass is 2020 g/mol. The number of nitrogens with zero attached hydrogens (tertiary/aromatic N) is 5. The zero-order valence-corrected chi connectivity index (χ0v) is 82.5. The van der Waals surface area contributed by atoms with Gasteiger partial charge in [0.15, 0.2) is 11.9 Å². The standard InChI is InChI=1S/C97H139BrN26O17/c1-56(2)45-69(115-81(128)66(21-14-39-109-95(102)103)113-85(132)75-23-15-43-122(75)88(135)68(20-12-13-38-108-94(100)101)114-82(129)67(33-34-78(99)125)119-92(140)96(3,4)91(139)107-42-37-64-51-105-54-111-64)84(131)121-97(5,6)93(141)120-71(50-65-52-106-55-112-65)83(130)116-70(46-59-35-40-104-41-36-59)80(127)110-53-79(126)124-74-22-11-10-19-62(74)49-77(124)87(134)117-72(47-58-27-31-63(98)32-28-58)89(136)123-44-16-24-76(123)86(133)118-73(90(137)138)48-57-25-29-61(30-26-57)60-17-8-7-9-18-60/h7-9,17-18,25-32,51-52,54-56,59,62,66-77,104H,10-16,19-24,33-50,53H2,1-6H3,(H2,99,125)(H,105,111)(H,106,112)(H,107,139)(H,110,127)(H,113,132)(H,114,129)(H,115,128)(H,116,130)(H,117,134)(H,118,133)(H,119,140)(H,120,141)(H,121,131)(H,137,138)(H4,100,101,108)(H4,102,103,109)/t62-,66+,67+,68-,69-,70-,71-,72-,73+,74-,75-,76-,77-/m0/s1. The first-order chi connectivity index (χ1) is 67.2. The van der Waals surface area contributed by atoms with Crippen molar-refractivity contribution in [1.29, 1.82) is 10.8 Å². The molecule has 5 aliphatic rings. The average Bonchev–Trinajstić information content (AvgIpc) is 1.62. The van der Waals surface area contributed by atoms with Crippen LogP contribution in [0.25, 0.3) is 11.1 Å². The number of carbonyl (C=O) groups is 16. The number of carboxylic acid groups (broad SMARTS) is 1. The van der Waals surface area contributed by atoms with Crippen molar-refractivity contribution in [3.05, 3.63) is 131 Å². The van der Waals surface area contributed by atoms with Crippen LogP contribution in [0.15, 0.2) is 108 Å². The van der Waals surface area contributed by atoms with Gasteiger partial charge in [-0.15, -0.1) is 0 Å². The molecule has 4 aliphatic heterocycles. The number of hydrogen-bond donors (Lipinski definition) is 22. The largest absolute Gasteiger partial charge is 0.480 e. The number of hydrogen-bond acceptors (Lipinski definition) is 21. The molecular weight excluding hydrogens is 1880 g/mol. The van der Waals surface area contributed by atoms with E-state index in [4.69, 9.17) is 28.0 Å². The molecule has 10 rings (SSSR count). The van der Waals surface area contributed by atoms with Crippen molar-refractivity contribution in [2.75, 3.05) is 52.4 Å². The minimum absolute atomic E-state index is 0.00303. The molecular formula is C97H139BrN26O17. The normalized spacial score (nSPS) is 18.7. The summed E-state index contributed by atoms with van der Waals surface area (Å²) in [5, 5.41) is 65.0. The van der Waals surface area contributed by atoms with E-state index in [-0.39, 0.29) is 152 Å². The fraction of sp³-hybridized carbons (Fsp3) is 0.567. The molecule has 15 amide bonds. The number of carbonyl (C=O) groups excluding carboxylic acids is 15. The molecule has 5 aromatic rings. The number of unbranched alkanes of at least 4 members (excludes halogenated alkanes) is 1. The second kappa shape index (κ2) is 52.7. The zero-order valence-electron chi connectivity index (χ0n) is 80.9. The fourth-order valence-electron chi connectivity index (χ4n) is 18.7. The molecule has 0 radical (unpaired) electrons. The topological polar surface area (TPSA) is 655 Å². The summed E-state index contributed by atoms with van der Waals surface area (Å²) in [6.45, 7) is 10.1. The smallest absolute Gasteiger partial charge is 0.326 e. The summed E-state index contributed by atoms with van der Waals surface area (Å²) in [6.07, 6.45) is 11.0. The summed E-state index contributed by atoms with van der Waals surface area (Å²) in [5.41, 5.74) is 17.3. The Balaban J connectivity index is 0.806. The van der Waals surface area contributed by atoms with Gasteiger partial charge in [-0.05, 0) is 202 Å². The quantitative estimate of drug-likeness (QED) is 0.0110. The number of piperidine rings is 1. The summed E-state index contributed by atoms with van der Waals surface area (Å²) in [4.78, 5) is 250. The molecule has 6 heterocycles. The third-order valence-corrected chi connectivity index (χ3v) is 27.1. The zero-order chi connectivity index (χ0) is 102. The number of nitrogens with one attached hydrogen (secondary N) is 18. The van der Waals surface area contributed by atoms with Gasteiger partial charge in [0.25, 0.3) is 0 Å². The van der Waals surface area contributed by atoms with Crippen molar-refractivity contribution in [3.63, 3.8) is 0 Å². The van der Waals surface area contributed by atoms with E-state index in [0.29, 0.717) is 74.9 Å². The van der Waals surface area contributed by atoms with Gasteiger partial charge >= 0.3 is 5.97 Å². The minimum atomic E-state index is -1.89. The Morgan fingerprint density at radius 2 is 1.09 bits per heavy atom. The highest BCUT2D eigenvalue weighted by molar-refractivity contribution is 9.10. The molecule has 766 valence electrons. The van der Waals surface area contributed by atoms with Crippen LogP contribution in [0.5, 0.6) is 0 Å². The molecule has 0 spiro atoms. The summed E-state index contributed by atoms with van der Waals surface area (Å²) in [7, 11) is 0. The molecule has 141 heavy (non-hydrogen) atoms. The second-order valence-corrected chi connectivity index (χ2v) is 39.5. The predicted octanol–water partition coefficient (Wildman–Crippen LogP) is 0.709. The SMILES string of the molecule is CC(C)C[C@H](NC(=O)[C@@H](CCCNC(=N)N)NC(=O)[C@@H]1CCCN1C(=O)[C@H](CCCCNC(=N)N)NC(=O)[C@@H](CCC(N)=O)NC(=O)C(C)(C)C(=O)NCCc1cnc[nH]1)C(=O)NC(C)(C)C(=O)N[C@@H](Cc1c[nH]cn1)C(=O)N[C@@H](CC1CCNCC1)C(=O)NCC(=O)N1[C@H](C(=O)N[C@@H](Cc2ccc(Br)cc2)C(=O)N2CCC[C@H]2C(=O)N[C@H](Cc2ccc(-c3ccccc3)cc2)C(=O)O)C[C@@H]2CCCC[C@@H]21. The van der Waals surface area contributed by atoms with Crippen molar-refractivity contribution in [2.24, 2.45) is 40.4 Å². The van der Waals surface area contributed by atoms with E-state index in [1.165, 1.54) is 61.2 Å². The Morgan fingerprint density at radius 3 is 1.70 bits per heavy atom. The molecule has 0 unspecified atom stereocenters. The number of rotatable bonds is 51. The first kappa shape index (κ1) is 110. The van der Waals surface area contributed by atoms with Gasteiger partial charge in [0.05, 0.1) is 24.9 Å². The van der Waals surface area contributed by atoms with Crippen LogP contribution in [0, 0.1) is 34.0 Å². The van der Waals surface area contributed by atoms with Gasteiger partial charge in [-0.3, -0.25) is 82.7 Å². The van der Waals surface area contributed by atoms with E-state index >= 15 is 28.8 Å². The Hall–Kier alpha value is -13.4. The maximum Gasteiger partial charge on any atom is 0.326 e. The van der Waals surface area contributed by atoms with Gasteiger partial charge in [0.2, 0.25) is 88.6 Å². The summed E-state index contributed by atoms with van der Waals surface area (Å²) in [5.74, 6) is -14.1. The van der Waals surface area contributed by atoms with Gasteiger partial charge in [0, 0.05) is 93.4 Å². The molecule has 3 aromatic carbocycles. The lowest BCUT2D eigenvalue weighted by Crippen LogP contribution is -2.63. The van der Waals surface area contributed by atoms with Crippen molar-refractivity contribution in [2.45, 2.75) is 274 Å². The van der Waals surface area contributed by atoms with E-state index in [0.717, 1.165) is 34.1 Å². The summed E-state index contributed by atoms with van der Waals surface area (Å²) in [6, 6.07) is 9.14. The van der Waals surface area contributed by atoms with Gasteiger partial charge in [-0.2, -0.15) is 0 Å². The van der Waals surface area contributed by atoms with E-state index in [9.17, 15) is 53.1 Å². The van der Waals surface area contributed by atoms with Crippen LogP contribution >= 0.6 is 15.9 Å². The molecule has 0 bridgehead atoms. The van der Waals surface area contributed by atoms with Crippen molar-refractivity contribution in [3.8, 4) is 11.1 Å². The first-order valence-corrected chi connectivity index (χ1v) is 49.5. The molecule has 13 atom stereocenters. The number of aromatic amines is 2. The van der Waals surface area contributed by atoms with Gasteiger partial charge < -0.3 is 121 Å². The molecule has 25 N–H and O–H groups in total. The van der Waals surface area contributed by atoms with Crippen LogP contribution in [-0.4, -0.2) is 277 Å². The molecule has 1 saturated carbocycles. The number of likely N-dealkylation sites (tertiary alicyclic amines) is 3. The predicted molar refractivity (Wildman–Crippen MR) is 525 cm³/mol. The molecule has 4 saturated heterocycles. The molecule has 43 nitrogen and oxygen atoms in total. The van der Waals surface area contributed by atoms with Crippen LogP contribution in [0.2, 0.25) is 0 Å². The first-order valence-electron chi connectivity index (χ1n) is 48.7. The van der Waals surface area contributed by atoms with Gasteiger partial charge in [-0.1, -0.05) is 109 Å². The van der Waals surface area contributed by atoms with E-state index < -0.39 is 191 Å². The lowest BCUT2D eigenvalue weighted by atomic mass is 9.84. The summed E-state index contributed by atoms with van der Waals surface area (Å²) >= 11 is 3.48. The number of aliphatic carboxylic acids is 1. The van der Waals surface area contributed by atoms with Crippen LogP contribution in [0.3, 0.4) is 0 Å². The second-order valence-electron chi connectivity index (χ2n) is 38.6. The van der Waals surface area contributed by atoms with Crippen molar-refractivity contribution >= 4 is 122 Å². The fourth-order valence-corrected chi connectivity index (χ4v) is 19.0. The number of carboxylic acids is 1. The maximum absolute atomic E-state index is 15.3. The third-order valence-electron chi connectivity index (χ3n) is 26.6. The lowest BCUT2D eigenvalue weighted by molar-refractivity contribution is -0.145. The number of imidazole rings is 2. The van der Waals surface area contributed by atoms with E-state index in [1.54, 1.807) is 44.3 Å². The molecule has 1 aliphatic carbocycles. The molecule has 44 heteroatoms. The lowest BCUT2D eigenvalue weighted by Gasteiger charge is -2.35.